The monoisotopic (exact) mass is 520 g/mol. The highest BCUT2D eigenvalue weighted by atomic mass is 35.5. The number of imidazole rings is 1. The van der Waals surface area contributed by atoms with E-state index in [4.69, 9.17) is 16.6 Å². The van der Waals surface area contributed by atoms with E-state index in [1.807, 2.05) is 17.0 Å². The Kier molecular flexibility index (Phi) is 7.26. The number of aromatic nitrogens is 5. The number of rotatable bonds is 7. The minimum Gasteiger partial charge on any atom is -0.360 e. The molecule has 1 fully saturated rings. The summed E-state index contributed by atoms with van der Waals surface area (Å²) in [5.41, 5.74) is 3.30. The van der Waals surface area contributed by atoms with Crippen molar-refractivity contribution in [2.45, 2.75) is 46.2 Å². The fraction of sp³-hybridized carbons (Fsp3) is 0.444. The molecule has 1 aliphatic rings. The maximum atomic E-state index is 11.8. The summed E-state index contributed by atoms with van der Waals surface area (Å²) in [5.74, 6) is 1.25. The van der Waals surface area contributed by atoms with Crippen LogP contribution in [-0.2, 0) is 11.2 Å². The van der Waals surface area contributed by atoms with E-state index in [9.17, 15) is 4.79 Å². The van der Waals surface area contributed by atoms with Crippen LogP contribution in [0.15, 0.2) is 36.9 Å². The van der Waals surface area contributed by atoms with Crippen molar-refractivity contribution in [3.8, 4) is 0 Å². The summed E-state index contributed by atoms with van der Waals surface area (Å²) in [7, 11) is 0. The summed E-state index contributed by atoms with van der Waals surface area (Å²) in [5, 5.41) is 6.27. The van der Waals surface area contributed by atoms with Gasteiger partial charge >= 0.3 is 0 Å². The van der Waals surface area contributed by atoms with E-state index < -0.39 is 0 Å². The molecule has 2 N–H and O–H groups in total. The fourth-order valence-corrected chi connectivity index (χ4v) is 5.54. The molecule has 9 nitrogen and oxygen atoms in total. The molecule has 0 spiro atoms. The third kappa shape index (κ3) is 5.24. The number of nitrogens with zero attached hydrogens (tertiary/aromatic N) is 6. The first-order valence-corrected chi connectivity index (χ1v) is 13.2. The zero-order valence-electron chi connectivity index (χ0n) is 21.7. The molecule has 4 aromatic rings. The number of pyridine rings is 1. The number of carbonyl (C=O) groups excluding carboxylic acids is 1. The van der Waals surface area contributed by atoms with Gasteiger partial charge in [-0.3, -0.25) is 14.7 Å². The second-order valence-electron chi connectivity index (χ2n) is 10.1. The van der Waals surface area contributed by atoms with Crippen LogP contribution < -0.4 is 5.32 Å². The van der Waals surface area contributed by atoms with Crippen LogP contribution in [0.25, 0.3) is 21.9 Å². The molecular weight excluding hydrogens is 488 g/mol. The van der Waals surface area contributed by atoms with Crippen molar-refractivity contribution in [1.82, 2.24) is 34.7 Å². The standard InChI is InChI=1S/C27H33ClN8O/c1-16(2)23(36-10-8-35(9-11-36)18(4)37)13-22-24-19(6-5-7-20(24)28)12-21(34-22)17(3)33-27-25-26(30-14-29-25)31-15-32-27/h5-7,12,14-17,23H,8-11,13H2,1-4H3,(H2,29,30,31,32,33). The fourth-order valence-electron chi connectivity index (χ4n) is 5.24. The number of nitrogens with one attached hydrogen (secondary N) is 2. The van der Waals surface area contributed by atoms with Gasteiger partial charge in [0, 0.05) is 51.0 Å². The van der Waals surface area contributed by atoms with Crippen LogP contribution in [0.3, 0.4) is 0 Å². The van der Waals surface area contributed by atoms with Crippen molar-refractivity contribution in [2.75, 3.05) is 31.5 Å². The molecule has 1 aliphatic heterocycles. The number of amides is 1. The van der Waals surface area contributed by atoms with Crippen LogP contribution in [0.2, 0.25) is 5.02 Å². The van der Waals surface area contributed by atoms with Crippen molar-refractivity contribution < 1.29 is 4.79 Å². The lowest BCUT2D eigenvalue weighted by molar-refractivity contribution is -0.131. The number of H-pyrrole nitrogens is 1. The van der Waals surface area contributed by atoms with E-state index >= 15 is 0 Å². The maximum Gasteiger partial charge on any atom is 0.219 e. The SMILES string of the molecule is CC(=O)N1CCN(C(Cc2nc(C(C)Nc3ncnc4nc[nH]c34)cc3cccc(Cl)c23)C(C)C)CC1. The van der Waals surface area contributed by atoms with Crippen molar-refractivity contribution >= 4 is 45.3 Å². The number of piperazine rings is 1. The van der Waals surface area contributed by atoms with Gasteiger partial charge in [-0.1, -0.05) is 37.6 Å². The van der Waals surface area contributed by atoms with Crippen molar-refractivity contribution in [1.29, 1.82) is 0 Å². The molecule has 0 saturated carbocycles. The Morgan fingerprint density at radius 3 is 2.65 bits per heavy atom. The average molecular weight is 521 g/mol. The Hall–Kier alpha value is -3.30. The summed E-state index contributed by atoms with van der Waals surface area (Å²) < 4.78 is 0. The molecule has 194 valence electrons. The third-order valence-corrected chi connectivity index (χ3v) is 7.64. The Labute approximate surface area is 221 Å². The molecule has 1 amide bonds. The van der Waals surface area contributed by atoms with Gasteiger partial charge in [0.25, 0.3) is 0 Å². The molecule has 1 saturated heterocycles. The highest BCUT2D eigenvalue weighted by molar-refractivity contribution is 6.35. The largest absolute Gasteiger partial charge is 0.360 e. The quantitative estimate of drug-likeness (QED) is 0.371. The number of aromatic amines is 1. The lowest BCUT2D eigenvalue weighted by atomic mass is 9.93. The Bertz CT molecular complexity index is 1410. The smallest absolute Gasteiger partial charge is 0.219 e. The van der Waals surface area contributed by atoms with E-state index in [2.05, 4.69) is 63.1 Å². The molecule has 3 aromatic heterocycles. The van der Waals surface area contributed by atoms with E-state index in [0.29, 0.717) is 22.4 Å². The van der Waals surface area contributed by atoms with Crippen molar-refractivity contribution in [3.05, 3.63) is 53.3 Å². The van der Waals surface area contributed by atoms with Gasteiger partial charge in [0.05, 0.1) is 28.8 Å². The molecule has 0 bridgehead atoms. The van der Waals surface area contributed by atoms with E-state index in [-0.39, 0.29) is 18.0 Å². The first-order chi connectivity index (χ1) is 17.8. The van der Waals surface area contributed by atoms with Gasteiger partial charge in [0.1, 0.15) is 11.8 Å². The summed E-state index contributed by atoms with van der Waals surface area (Å²) in [4.78, 5) is 37.4. The predicted octanol–water partition coefficient (Wildman–Crippen LogP) is 4.46. The molecule has 0 aliphatic carbocycles. The Morgan fingerprint density at radius 2 is 1.92 bits per heavy atom. The van der Waals surface area contributed by atoms with Gasteiger partial charge in [0.15, 0.2) is 11.5 Å². The molecule has 2 atom stereocenters. The number of hydrogen-bond donors (Lipinski definition) is 2. The molecule has 37 heavy (non-hydrogen) atoms. The molecule has 10 heteroatoms. The zero-order valence-corrected chi connectivity index (χ0v) is 22.5. The predicted molar refractivity (Wildman–Crippen MR) is 147 cm³/mol. The summed E-state index contributed by atoms with van der Waals surface area (Å²) >= 11 is 6.74. The molecule has 1 aromatic carbocycles. The normalized spacial score (nSPS) is 16.4. The summed E-state index contributed by atoms with van der Waals surface area (Å²) in [6, 6.07) is 8.28. The van der Waals surface area contributed by atoms with Crippen molar-refractivity contribution in [3.63, 3.8) is 0 Å². The third-order valence-electron chi connectivity index (χ3n) is 7.32. The van der Waals surface area contributed by atoms with Crippen LogP contribution in [0.4, 0.5) is 5.82 Å². The second-order valence-corrected chi connectivity index (χ2v) is 10.5. The molecule has 5 rings (SSSR count). The number of fused-ring (bicyclic) bond motifs is 2. The lowest BCUT2D eigenvalue weighted by Crippen LogP contribution is -2.53. The first-order valence-electron chi connectivity index (χ1n) is 12.8. The minimum atomic E-state index is -0.111. The molecule has 2 unspecified atom stereocenters. The number of halogens is 1. The van der Waals surface area contributed by atoms with Gasteiger partial charge in [-0.15, -0.1) is 0 Å². The topological polar surface area (TPSA) is 103 Å². The van der Waals surface area contributed by atoms with E-state index in [0.717, 1.165) is 60.3 Å². The molecule has 0 radical (unpaired) electrons. The zero-order chi connectivity index (χ0) is 26.1. The van der Waals surface area contributed by atoms with Gasteiger partial charge in [0.2, 0.25) is 5.91 Å². The van der Waals surface area contributed by atoms with Crippen LogP contribution in [-0.4, -0.2) is 72.8 Å². The number of hydrogen-bond acceptors (Lipinski definition) is 7. The minimum absolute atomic E-state index is 0.111. The number of benzene rings is 1. The van der Waals surface area contributed by atoms with Crippen LogP contribution in [0.1, 0.15) is 45.1 Å². The average Bonchev–Trinajstić information content (AvgIpc) is 3.37. The molecule has 4 heterocycles. The van der Waals surface area contributed by atoms with Gasteiger partial charge in [-0.2, -0.15) is 0 Å². The maximum absolute atomic E-state index is 11.8. The highest BCUT2D eigenvalue weighted by Crippen LogP contribution is 2.32. The lowest BCUT2D eigenvalue weighted by Gasteiger charge is -2.40. The van der Waals surface area contributed by atoms with Crippen LogP contribution in [0, 0.1) is 5.92 Å². The van der Waals surface area contributed by atoms with Gasteiger partial charge in [-0.05, 0) is 30.4 Å². The van der Waals surface area contributed by atoms with Gasteiger partial charge < -0.3 is 15.2 Å². The molecular formula is C27H33ClN8O. The van der Waals surface area contributed by atoms with Gasteiger partial charge in [-0.25, -0.2) is 15.0 Å². The summed E-state index contributed by atoms with van der Waals surface area (Å²) in [6.07, 6.45) is 3.90. The van der Waals surface area contributed by atoms with Crippen molar-refractivity contribution in [2.24, 2.45) is 5.92 Å². The summed E-state index contributed by atoms with van der Waals surface area (Å²) in [6.45, 7) is 11.5. The van der Waals surface area contributed by atoms with Crippen LogP contribution >= 0.6 is 11.6 Å². The van der Waals surface area contributed by atoms with Crippen LogP contribution in [0.5, 0.6) is 0 Å². The number of carbonyl (C=O) groups is 1. The second kappa shape index (κ2) is 10.6. The first kappa shape index (κ1) is 25.4. The van der Waals surface area contributed by atoms with E-state index in [1.165, 1.54) is 6.33 Å². The number of anilines is 1. The Balaban J connectivity index is 1.47. The highest BCUT2D eigenvalue weighted by Gasteiger charge is 2.28. The Morgan fingerprint density at radius 1 is 1.14 bits per heavy atom. The van der Waals surface area contributed by atoms with E-state index in [1.54, 1.807) is 13.3 Å².